The molecule has 0 amide bonds. The first-order chi connectivity index (χ1) is 10.0. The third-order valence-corrected chi connectivity index (χ3v) is 2.41. The molecule has 0 saturated carbocycles. The molecule has 0 fully saturated rings. The number of rotatable bonds is 5. The summed E-state index contributed by atoms with van der Waals surface area (Å²) in [5.74, 6) is 3.69. The summed E-state index contributed by atoms with van der Waals surface area (Å²) in [4.78, 5) is 17.4. The number of nitro groups is 1. The molecule has 2 rings (SSSR count). The van der Waals surface area contributed by atoms with Gasteiger partial charge in [-0.15, -0.1) is 0 Å². The van der Waals surface area contributed by atoms with Crippen molar-refractivity contribution < 1.29 is 18.8 Å². The molecule has 0 bridgehead atoms. The largest absolute Gasteiger partial charge is 0.497 e. The van der Waals surface area contributed by atoms with Crippen LogP contribution in [0.25, 0.3) is 0 Å². The van der Waals surface area contributed by atoms with Gasteiger partial charge in [0.2, 0.25) is 17.5 Å². The Bertz CT molecular complexity index is 682. The Hall–Kier alpha value is -3.01. The predicted molar refractivity (Wildman–Crippen MR) is 69.5 cm³/mol. The molecular formula is C11H10FN5O4. The van der Waals surface area contributed by atoms with Gasteiger partial charge in [-0.1, -0.05) is 0 Å². The third-order valence-electron chi connectivity index (χ3n) is 2.41. The summed E-state index contributed by atoms with van der Waals surface area (Å²) in [5.41, 5.74) is 1.75. The van der Waals surface area contributed by atoms with Gasteiger partial charge in [-0.25, -0.2) is 10.8 Å². The van der Waals surface area contributed by atoms with E-state index < -0.39 is 16.6 Å². The smallest absolute Gasteiger partial charge is 0.311 e. The molecule has 110 valence electrons. The fourth-order valence-corrected chi connectivity index (χ4v) is 1.45. The Labute approximate surface area is 117 Å². The van der Waals surface area contributed by atoms with Crippen molar-refractivity contribution in [2.75, 3.05) is 12.5 Å². The van der Waals surface area contributed by atoms with Gasteiger partial charge in [0.15, 0.2) is 0 Å². The highest BCUT2D eigenvalue weighted by atomic mass is 19.1. The third kappa shape index (κ3) is 3.12. The van der Waals surface area contributed by atoms with Crippen LogP contribution in [0.1, 0.15) is 0 Å². The Morgan fingerprint density at radius 3 is 2.86 bits per heavy atom. The first-order valence-electron chi connectivity index (χ1n) is 5.54. The van der Waals surface area contributed by atoms with E-state index in [4.69, 9.17) is 15.3 Å². The molecule has 0 saturated heterocycles. The van der Waals surface area contributed by atoms with E-state index >= 15 is 0 Å². The minimum absolute atomic E-state index is 0.100. The van der Waals surface area contributed by atoms with E-state index in [1.807, 2.05) is 0 Å². The summed E-state index contributed by atoms with van der Waals surface area (Å²) in [7, 11) is 1.38. The number of nitro benzene ring substituents is 1. The minimum Gasteiger partial charge on any atom is -0.497 e. The number of aromatic nitrogens is 2. The molecular weight excluding hydrogens is 285 g/mol. The number of hydrogen-bond donors (Lipinski definition) is 2. The Morgan fingerprint density at radius 1 is 1.48 bits per heavy atom. The maximum absolute atomic E-state index is 13.6. The van der Waals surface area contributed by atoms with Crippen LogP contribution in [0.3, 0.4) is 0 Å². The van der Waals surface area contributed by atoms with Gasteiger partial charge in [-0.3, -0.25) is 15.5 Å². The van der Waals surface area contributed by atoms with Crippen molar-refractivity contribution in [3.63, 3.8) is 0 Å². The van der Waals surface area contributed by atoms with E-state index in [1.165, 1.54) is 25.3 Å². The van der Waals surface area contributed by atoms with Crippen LogP contribution >= 0.6 is 0 Å². The van der Waals surface area contributed by atoms with Gasteiger partial charge in [0.05, 0.1) is 18.2 Å². The molecule has 2 aromatic rings. The highest BCUT2D eigenvalue weighted by molar-refractivity contribution is 5.52. The highest BCUT2D eigenvalue weighted by Crippen LogP contribution is 2.34. The molecule has 0 unspecified atom stereocenters. The van der Waals surface area contributed by atoms with Crippen molar-refractivity contribution in [2.45, 2.75) is 0 Å². The van der Waals surface area contributed by atoms with Crippen molar-refractivity contribution in [3.8, 4) is 17.4 Å². The lowest BCUT2D eigenvalue weighted by Crippen LogP contribution is -2.11. The van der Waals surface area contributed by atoms with Gasteiger partial charge in [0.1, 0.15) is 5.75 Å². The molecule has 0 aliphatic heterocycles. The maximum atomic E-state index is 13.6. The molecule has 3 N–H and O–H groups in total. The first-order valence-corrected chi connectivity index (χ1v) is 5.54. The monoisotopic (exact) mass is 295 g/mol. The number of methoxy groups -OCH3 is 1. The van der Waals surface area contributed by atoms with Crippen LogP contribution in [0.2, 0.25) is 0 Å². The zero-order valence-corrected chi connectivity index (χ0v) is 10.7. The zero-order valence-electron chi connectivity index (χ0n) is 10.7. The molecule has 0 radical (unpaired) electrons. The van der Waals surface area contributed by atoms with E-state index in [0.717, 1.165) is 6.20 Å². The van der Waals surface area contributed by atoms with Gasteiger partial charge >= 0.3 is 5.69 Å². The number of hydrazine groups is 1. The van der Waals surface area contributed by atoms with Gasteiger partial charge < -0.3 is 9.47 Å². The number of hydrogen-bond acceptors (Lipinski definition) is 8. The van der Waals surface area contributed by atoms with E-state index in [9.17, 15) is 14.5 Å². The lowest BCUT2D eigenvalue weighted by molar-refractivity contribution is -0.385. The second-order valence-corrected chi connectivity index (χ2v) is 3.68. The molecule has 1 heterocycles. The molecule has 0 atom stereocenters. The van der Waals surface area contributed by atoms with Gasteiger partial charge in [0, 0.05) is 12.1 Å². The molecule has 0 aliphatic rings. The Morgan fingerprint density at radius 2 is 2.24 bits per heavy atom. The number of ether oxygens (including phenoxy) is 2. The SMILES string of the molecule is COc1ccc([N+](=O)[O-])c(Oc2nc(NN)ncc2F)c1. The molecule has 21 heavy (non-hydrogen) atoms. The van der Waals surface area contributed by atoms with E-state index in [2.05, 4.69) is 15.4 Å². The highest BCUT2D eigenvalue weighted by Gasteiger charge is 2.19. The van der Waals surface area contributed by atoms with Crippen molar-refractivity contribution in [1.82, 2.24) is 9.97 Å². The van der Waals surface area contributed by atoms with Crippen molar-refractivity contribution in [1.29, 1.82) is 0 Å². The predicted octanol–water partition coefficient (Wildman–Crippen LogP) is 1.61. The van der Waals surface area contributed by atoms with Crippen LogP contribution in [0, 0.1) is 15.9 Å². The fourth-order valence-electron chi connectivity index (χ4n) is 1.45. The summed E-state index contributed by atoms with van der Waals surface area (Å²) in [6.45, 7) is 0. The van der Waals surface area contributed by atoms with E-state index in [1.54, 1.807) is 0 Å². The quantitative estimate of drug-likeness (QED) is 0.484. The number of halogens is 1. The Kier molecular flexibility index (Phi) is 4.09. The normalized spacial score (nSPS) is 10.0. The van der Waals surface area contributed by atoms with Gasteiger partial charge in [0.25, 0.3) is 5.88 Å². The molecule has 0 spiro atoms. The number of nitrogens with zero attached hydrogens (tertiary/aromatic N) is 3. The summed E-state index contributed by atoms with van der Waals surface area (Å²) in [6, 6.07) is 3.80. The number of benzene rings is 1. The number of nitrogens with one attached hydrogen (secondary N) is 1. The number of nitrogen functional groups attached to an aromatic ring is 1. The van der Waals surface area contributed by atoms with Gasteiger partial charge in [-0.2, -0.15) is 9.37 Å². The fraction of sp³-hybridized carbons (Fsp3) is 0.0909. The van der Waals surface area contributed by atoms with Crippen molar-refractivity contribution in [3.05, 3.63) is 40.3 Å². The molecule has 1 aromatic heterocycles. The topological polar surface area (TPSA) is 125 Å². The Balaban J connectivity index is 2.44. The van der Waals surface area contributed by atoms with Crippen LogP contribution in [-0.2, 0) is 0 Å². The zero-order chi connectivity index (χ0) is 15.4. The van der Waals surface area contributed by atoms with Crippen LogP contribution in [0.15, 0.2) is 24.4 Å². The van der Waals surface area contributed by atoms with Crippen LogP contribution < -0.4 is 20.7 Å². The molecule has 1 aromatic carbocycles. The second kappa shape index (κ2) is 5.96. The lowest BCUT2D eigenvalue weighted by Gasteiger charge is -2.08. The van der Waals surface area contributed by atoms with Crippen molar-refractivity contribution in [2.24, 2.45) is 5.84 Å². The molecule has 0 aliphatic carbocycles. The van der Waals surface area contributed by atoms with Crippen LogP contribution in [-0.4, -0.2) is 22.0 Å². The van der Waals surface area contributed by atoms with Gasteiger partial charge in [-0.05, 0) is 6.07 Å². The summed E-state index contributed by atoms with van der Waals surface area (Å²) < 4.78 is 23.7. The first kappa shape index (κ1) is 14.4. The summed E-state index contributed by atoms with van der Waals surface area (Å²) >= 11 is 0. The average Bonchev–Trinajstić information content (AvgIpc) is 2.49. The average molecular weight is 295 g/mol. The van der Waals surface area contributed by atoms with Crippen molar-refractivity contribution >= 4 is 11.6 Å². The molecule has 10 heteroatoms. The maximum Gasteiger partial charge on any atom is 0.311 e. The van der Waals surface area contributed by atoms with E-state index in [0.29, 0.717) is 5.75 Å². The van der Waals surface area contributed by atoms with Crippen LogP contribution in [0.4, 0.5) is 16.0 Å². The van der Waals surface area contributed by atoms with Crippen LogP contribution in [0.5, 0.6) is 17.4 Å². The second-order valence-electron chi connectivity index (χ2n) is 3.68. The number of anilines is 1. The molecule has 9 nitrogen and oxygen atoms in total. The summed E-state index contributed by atoms with van der Waals surface area (Å²) in [5, 5.41) is 10.9. The standard InChI is InChI=1S/C11H10FN5O4/c1-20-6-2-3-8(17(18)19)9(4-6)21-10-7(12)5-14-11(15-10)16-13/h2-5H,13H2,1H3,(H,14,15,16). The minimum atomic E-state index is -0.897. The summed E-state index contributed by atoms with van der Waals surface area (Å²) in [6.07, 6.45) is 0.823. The number of nitrogens with two attached hydrogens (primary N) is 1. The van der Waals surface area contributed by atoms with E-state index in [-0.39, 0.29) is 17.4 Å². The lowest BCUT2D eigenvalue weighted by atomic mass is 10.3.